The minimum absolute atomic E-state index is 0. The molecule has 1 N–H and O–H groups in total. The summed E-state index contributed by atoms with van der Waals surface area (Å²) >= 11 is 3.58. The third-order valence-electron chi connectivity index (χ3n) is 2.78. The van der Waals surface area contributed by atoms with Gasteiger partial charge in [0.15, 0.2) is 0 Å². The van der Waals surface area contributed by atoms with Crippen molar-refractivity contribution < 1.29 is 4.74 Å². The zero-order chi connectivity index (χ0) is 11.8. The molecule has 1 aromatic rings. The summed E-state index contributed by atoms with van der Waals surface area (Å²) in [5, 5.41) is 3.36. The molecule has 0 saturated heterocycles. The minimum Gasteiger partial charge on any atom is -0.492 e. The zero-order valence-corrected chi connectivity index (χ0v) is 12.9. The van der Waals surface area contributed by atoms with Crippen LogP contribution in [0.25, 0.3) is 0 Å². The van der Waals surface area contributed by atoms with Gasteiger partial charge in [0.25, 0.3) is 0 Å². The van der Waals surface area contributed by atoms with Crippen LogP contribution in [0.3, 0.4) is 0 Å². The van der Waals surface area contributed by atoms with Crippen LogP contribution in [0.4, 0.5) is 0 Å². The number of halogens is 2. The van der Waals surface area contributed by atoms with Gasteiger partial charge in [-0.1, -0.05) is 36.7 Å². The van der Waals surface area contributed by atoms with Gasteiger partial charge in [-0.2, -0.15) is 0 Å². The molecule has 0 fully saturated rings. The third kappa shape index (κ3) is 3.36. The first-order valence-electron chi connectivity index (χ1n) is 5.65. The van der Waals surface area contributed by atoms with E-state index in [0.29, 0.717) is 0 Å². The molecule has 0 aromatic heterocycles. The van der Waals surface area contributed by atoms with E-state index in [1.54, 1.807) is 0 Å². The van der Waals surface area contributed by atoms with Gasteiger partial charge >= 0.3 is 0 Å². The molecule has 2 rings (SSSR count). The molecule has 4 heteroatoms. The fourth-order valence-corrected chi connectivity index (χ4v) is 2.46. The lowest BCUT2D eigenvalue weighted by Gasteiger charge is -2.24. The van der Waals surface area contributed by atoms with Crippen LogP contribution < -0.4 is 10.1 Å². The Bertz CT molecular complexity index is 401. The Hall–Kier alpha value is -0.250. The lowest BCUT2D eigenvalue weighted by atomic mass is 9.85. The fourth-order valence-electron chi connectivity index (χ4n) is 1.96. The molecule has 17 heavy (non-hydrogen) atoms. The van der Waals surface area contributed by atoms with Gasteiger partial charge in [0.05, 0.1) is 0 Å². The molecule has 0 bridgehead atoms. The van der Waals surface area contributed by atoms with Crippen LogP contribution in [0.1, 0.15) is 31.9 Å². The third-order valence-corrected chi connectivity index (χ3v) is 3.24. The highest BCUT2D eigenvalue weighted by Gasteiger charge is 2.23. The highest BCUT2D eigenvalue weighted by Crippen LogP contribution is 2.37. The molecule has 0 aliphatic carbocycles. The van der Waals surface area contributed by atoms with Crippen molar-refractivity contribution in [1.82, 2.24) is 5.32 Å². The van der Waals surface area contributed by atoms with E-state index < -0.39 is 0 Å². The molecule has 0 amide bonds. The molecule has 1 aliphatic heterocycles. The normalized spacial score (nSPS) is 15.3. The monoisotopic (exact) mass is 319 g/mol. The van der Waals surface area contributed by atoms with Crippen LogP contribution >= 0.6 is 28.3 Å². The van der Waals surface area contributed by atoms with E-state index in [9.17, 15) is 0 Å². The van der Waals surface area contributed by atoms with Crippen LogP contribution in [-0.2, 0) is 12.0 Å². The summed E-state index contributed by atoms with van der Waals surface area (Å²) in [6, 6.07) is 4.31. The Morgan fingerprint density at radius 3 is 2.65 bits per heavy atom. The molecule has 0 saturated carbocycles. The van der Waals surface area contributed by atoms with E-state index in [4.69, 9.17) is 4.74 Å². The van der Waals surface area contributed by atoms with Gasteiger partial charge < -0.3 is 10.1 Å². The first kappa shape index (κ1) is 14.8. The van der Waals surface area contributed by atoms with E-state index in [1.165, 1.54) is 11.1 Å². The Balaban J connectivity index is 0.00000144. The molecule has 0 atom stereocenters. The fraction of sp³-hybridized carbons (Fsp3) is 0.538. The van der Waals surface area contributed by atoms with Crippen molar-refractivity contribution in [2.24, 2.45) is 0 Å². The lowest BCUT2D eigenvalue weighted by Crippen LogP contribution is -2.16. The number of hydrogen-bond acceptors (Lipinski definition) is 2. The Morgan fingerprint density at radius 1 is 1.29 bits per heavy atom. The average Bonchev–Trinajstić information content (AvgIpc) is 2.39. The summed E-state index contributed by atoms with van der Waals surface area (Å²) in [4.78, 5) is 0. The Labute approximate surface area is 118 Å². The second-order valence-corrected chi connectivity index (χ2v) is 6.13. The molecule has 0 spiro atoms. The van der Waals surface area contributed by atoms with Crippen molar-refractivity contribution in [3.05, 3.63) is 27.7 Å². The standard InChI is InChI=1S/C13H18BrNO.ClH/c1-13(2,3)11-7-10(14)6-9-8-15-4-5-16-12(9)11;/h6-7,15H,4-5,8H2,1-3H3;1H. The Kier molecular flexibility index (Phi) is 4.87. The highest BCUT2D eigenvalue weighted by atomic mass is 79.9. The van der Waals surface area contributed by atoms with Gasteiger partial charge in [-0.05, 0) is 17.5 Å². The number of benzene rings is 1. The first-order chi connectivity index (χ1) is 7.48. The average molecular weight is 321 g/mol. The van der Waals surface area contributed by atoms with Crippen molar-refractivity contribution in [3.8, 4) is 5.75 Å². The second kappa shape index (κ2) is 5.59. The predicted molar refractivity (Wildman–Crippen MR) is 77.3 cm³/mol. The van der Waals surface area contributed by atoms with Crippen molar-refractivity contribution in [2.45, 2.75) is 32.7 Å². The first-order valence-corrected chi connectivity index (χ1v) is 6.44. The molecular formula is C13H19BrClNO. The van der Waals surface area contributed by atoms with Crippen LogP contribution in [0.15, 0.2) is 16.6 Å². The van der Waals surface area contributed by atoms with Crippen molar-refractivity contribution >= 4 is 28.3 Å². The minimum atomic E-state index is 0. The summed E-state index contributed by atoms with van der Waals surface area (Å²) in [6.45, 7) is 9.20. The maximum absolute atomic E-state index is 5.88. The van der Waals surface area contributed by atoms with Crippen LogP contribution in [0.5, 0.6) is 5.75 Å². The van der Waals surface area contributed by atoms with Gasteiger partial charge in [-0.25, -0.2) is 0 Å². The number of nitrogens with one attached hydrogen (secondary N) is 1. The predicted octanol–water partition coefficient (Wildman–Crippen LogP) is 3.65. The summed E-state index contributed by atoms with van der Waals surface area (Å²) in [5.41, 5.74) is 2.63. The summed E-state index contributed by atoms with van der Waals surface area (Å²) in [6.07, 6.45) is 0. The molecule has 1 aliphatic rings. The Morgan fingerprint density at radius 2 is 2.00 bits per heavy atom. The number of ether oxygens (including phenoxy) is 1. The molecule has 1 heterocycles. The highest BCUT2D eigenvalue weighted by molar-refractivity contribution is 9.10. The number of hydrogen-bond donors (Lipinski definition) is 1. The second-order valence-electron chi connectivity index (χ2n) is 5.22. The SMILES string of the molecule is CC(C)(C)c1cc(Br)cc2c1OCCNC2.Cl. The topological polar surface area (TPSA) is 21.3 Å². The van der Waals surface area contributed by atoms with Gasteiger partial charge in [-0.3, -0.25) is 0 Å². The van der Waals surface area contributed by atoms with E-state index in [1.807, 2.05) is 0 Å². The van der Waals surface area contributed by atoms with Gasteiger partial charge in [0, 0.05) is 28.7 Å². The largest absolute Gasteiger partial charge is 0.492 e. The van der Waals surface area contributed by atoms with Crippen molar-refractivity contribution in [2.75, 3.05) is 13.2 Å². The van der Waals surface area contributed by atoms with Gasteiger partial charge in [0.1, 0.15) is 12.4 Å². The quantitative estimate of drug-likeness (QED) is 0.788. The molecular weight excluding hydrogens is 302 g/mol. The van der Waals surface area contributed by atoms with Crippen LogP contribution in [-0.4, -0.2) is 13.2 Å². The number of fused-ring (bicyclic) bond motifs is 1. The van der Waals surface area contributed by atoms with E-state index >= 15 is 0 Å². The molecule has 1 aromatic carbocycles. The van der Waals surface area contributed by atoms with Crippen molar-refractivity contribution in [3.63, 3.8) is 0 Å². The van der Waals surface area contributed by atoms with E-state index in [0.717, 1.165) is 29.9 Å². The summed E-state index contributed by atoms with van der Waals surface area (Å²) in [7, 11) is 0. The molecule has 0 unspecified atom stereocenters. The summed E-state index contributed by atoms with van der Waals surface area (Å²) in [5.74, 6) is 1.07. The molecule has 96 valence electrons. The summed E-state index contributed by atoms with van der Waals surface area (Å²) < 4.78 is 7.01. The zero-order valence-electron chi connectivity index (χ0n) is 10.5. The van der Waals surface area contributed by atoms with Gasteiger partial charge in [0.2, 0.25) is 0 Å². The lowest BCUT2D eigenvalue weighted by molar-refractivity contribution is 0.317. The molecule has 0 radical (unpaired) electrons. The van der Waals surface area contributed by atoms with Gasteiger partial charge in [-0.15, -0.1) is 12.4 Å². The van der Waals surface area contributed by atoms with E-state index in [2.05, 4.69) is 54.2 Å². The number of rotatable bonds is 0. The molecule has 2 nitrogen and oxygen atoms in total. The van der Waals surface area contributed by atoms with Crippen LogP contribution in [0.2, 0.25) is 0 Å². The maximum Gasteiger partial charge on any atom is 0.127 e. The smallest absolute Gasteiger partial charge is 0.127 e. The maximum atomic E-state index is 5.88. The van der Waals surface area contributed by atoms with Crippen molar-refractivity contribution in [1.29, 1.82) is 0 Å². The van der Waals surface area contributed by atoms with Crippen LogP contribution in [0, 0.1) is 0 Å². The van der Waals surface area contributed by atoms with E-state index in [-0.39, 0.29) is 17.8 Å².